The highest BCUT2D eigenvalue weighted by Crippen LogP contribution is 2.38. The summed E-state index contributed by atoms with van der Waals surface area (Å²) in [6, 6.07) is 56.6. The van der Waals surface area contributed by atoms with Gasteiger partial charge in [-0.2, -0.15) is 0 Å². The summed E-state index contributed by atoms with van der Waals surface area (Å²) in [5.41, 5.74) is 9.42. The summed E-state index contributed by atoms with van der Waals surface area (Å²) in [5.74, 6) is 0.592. The van der Waals surface area contributed by atoms with Crippen LogP contribution >= 0.6 is 11.8 Å². The van der Waals surface area contributed by atoms with Crippen LogP contribution in [0.4, 0.5) is 0 Å². The van der Waals surface area contributed by atoms with E-state index < -0.39 is 0 Å². The lowest BCUT2D eigenvalue weighted by Gasteiger charge is -2.14. The van der Waals surface area contributed by atoms with E-state index in [2.05, 4.69) is 36.4 Å². The van der Waals surface area contributed by atoms with Gasteiger partial charge in [0.2, 0.25) is 0 Å². The number of hydrogen-bond donors (Lipinski definition) is 2. The molecule has 2 N–H and O–H groups in total. The van der Waals surface area contributed by atoms with Gasteiger partial charge >= 0.3 is 0 Å². The normalized spacial score (nSPS) is 11.3. The molecule has 0 atom stereocenters. The minimum absolute atomic E-state index is 0.274. The van der Waals surface area contributed by atoms with Gasteiger partial charge in [-0.25, -0.2) is 9.97 Å². The molecule has 9 aromatic rings. The largest absolute Gasteiger partial charge is 0.455 e. The van der Waals surface area contributed by atoms with Crippen LogP contribution < -0.4 is 0 Å². The van der Waals surface area contributed by atoms with Gasteiger partial charge in [0, 0.05) is 44.2 Å². The molecule has 0 aliphatic rings. The average Bonchev–Trinajstić information content (AvgIpc) is 3.59. The van der Waals surface area contributed by atoms with Gasteiger partial charge in [0.1, 0.15) is 21.3 Å². The van der Waals surface area contributed by atoms with E-state index in [-0.39, 0.29) is 5.04 Å². The minimum Gasteiger partial charge on any atom is -0.455 e. The second-order valence-electron chi connectivity index (χ2n) is 12.5. The number of thioether (sulfide) groups is 1. The fourth-order valence-electron chi connectivity index (χ4n) is 6.79. The monoisotopic (exact) mass is 686 g/mol. The molecular formula is C46H30N4OS. The Kier molecular flexibility index (Phi) is 7.99. The van der Waals surface area contributed by atoms with E-state index >= 15 is 0 Å². The first-order chi connectivity index (χ1) is 25.6. The molecule has 0 saturated carbocycles. The maximum absolute atomic E-state index is 9.24. The zero-order valence-corrected chi connectivity index (χ0v) is 28.7. The van der Waals surface area contributed by atoms with Crippen molar-refractivity contribution in [1.82, 2.24) is 9.97 Å². The van der Waals surface area contributed by atoms with Crippen LogP contribution in [0.2, 0.25) is 0 Å². The zero-order chi connectivity index (χ0) is 35.0. The summed E-state index contributed by atoms with van der Waals surface area (Å²) in [7, 11) is 0. The van der Waals surface area contributed by atoms with Crippen LogP contribution in [0.15, 0.2) is 174 Å². The first kappa shape index (κ1) is 31.4. The lowest BCUT2D eigenvalue weighted by molar-refractivity contribution is 0.670. The zero-order valence-electron chi connectivity index (χ0n) is 27.9. The van der Waals surface area contributed by atoms with Crippen LogP contribution in [0, 0.1) is 10.8 Å². The summed E-state index contributed by atoms with van der Waals surface area (Å²) in [6.45, 7) is 0. The number of fused-ring (bicyclic) bond motifs is 4. The van der Waals surface area contributed by atoms with Crippen LogP contribution in [0.5, 0.6) is 0 Å². The number of nitrogens with one attached hydrogen (secondary N) is 2. The van der Waals surface area contributed by atoms with Gasteiger partial charge in [0.15, 0.2) is 5.82 Å². The van der Waals surface area contributed by atoms with E-state index in [9.17, 15) is 5.41 Å². The molecule has 0 amide bonds. The third-order valence-electron chi connectivity index (χ3n) is 9.32. The topological polar surface area (TPSA) is 86.6 Å². The van der Waals surface area contributed by atoms with E-state index in [0.29, 0.717) is 22.1 Å². The Balaban J connectivity index is 1.14. The minimum atomic E-state index is 0.274. The standard InChI is InChI=1S/C46H30N4OS/c47-44(37-24-11-18-29-15-7-8-19-33(29)37)52-45(48)38-21-10-9-20-35(38)41-28-40(49-46(50-41)31-16-5-2-6-17-31)32-25-26-42-39(27-32)36-23-12-22-34(43(36)51-42)30-13-3-1-4-14-30/h1-28,47-48H. The molecule has 7 aromatic carbocycles. The van der Waals surface area contributed by atoms with Crippen LogP contribution in [-0.4, -0.2) is 20.1 Å². The molecule has 52 heavy (non-hydrogen) atoms. The third kappa shape index (κ3) is 5.75. The molecule has 9 rings (SSSR count). The first-order valence-corrected chi connectivity index (χ1v) is 17.8. The van der Waals surface area contributed by atoms with Crippen LogP contribution in [0.3, 0.4) is 0 Å². The van der Waals surface area contributed by atoms with E-state index in [1.54, 1.807) is 0 Å². The molecule has 2 heterocycles. The summed E-state index contributed by atoms with van der Waals surface area (Å²) in [6.07, 6.45) is 0. The van der Waals surface area contributed by atoms with Crippen molar-refractivity contribution in [1.29, 1.82) is 10.8 Å². The summed E-state index contributed by atoms with van der Waals surface area (Å²) in [4.78, 5) is 10.2. The second-order valence-corrected chi connectivity index (χ2v) is 13.5. The molecule has 246 valence electrons. The molecule has 0 radical (unpaired) electrons. The third-order valence-corrected chi connectivity index (χ3v) is 10.2. The molecule has 0 spiro atoms. The predicted molar refractivity (Wildman–Crippen MR) is 216 cm³/mol. The van der Waals surface area contributed by atoms with Gasteiger partial charge in [-0.3, -0.25) is 10.8 Å². The molecular weight excluding hydrogens is 657 g/mol. The van der Waals surface area contributed by atoms with Gasteiger partial charge in [-0.1, -0.05) is 157 Å². The maximum Gasteiger partial charge on any atom is 0.160 e. The highest BCUT2D eigenvalue weighted by Gasteiger charge is 2.19. The lowest BCUT2D eigenvalue weighted by Crippen LogP contribution is -2.05. The Morgan fingerprint density at radius 1 is 0.462 bits per heavy atom. The number of nitrogens with zero attached hydrogens (tertiary/aromatic N) is 2. The van der Waals surface area contributed by atoms with Crippen molar-refractivity contribution >= 4 is 54.6 Å². The predicted octanol–water partition coefficient (Wildman–Crippen LogP) is 12.3. The van der Waals surface area contributed by atoms with Crippen LogP contribution in [0.1, 0.15) is 11.1 Å². The van der Waals surface area contributed by atoms with E-state index in [1.807, 2.05) is 133 Å². The number of benzene rings is 7. The van der Waals surface area contributed by atoms with Crippen molar-refractivity contribution in [2.75, 3.05) is 0 Å². The van der Waals surface area contributed by atoms with E-state index in [0.717, 1.165) is 83.5 Å². The summed E-state index contributed by atoms with van der Waals surface area (Å²) >= 11 is 1.15. The second kappa shape index (κ2) is 13.2. The summed E-state index contributed by atoms with van der Waals surface area (Å²) in [5, 5.41) is 23.0. The fraction of sp³-hybridized carbons (Fsp3) is 0. The van der Waals surface area contributed by atoms with Gasteiger partial charge < -0.3 is 4.42 Å². The van der Waals surface area contributed by atoms with Crippen molar-refractivity contribution in [3.63, 3.8) is 0 Å². The highest BCUT2D eigenvalue weighted by molar-refractivity contribution is 8.27. The number of rotatable bonds is 6. The van der Waals surface area contributed by atoms with Crippen molar-refractivity contribution in [3.05, 3.63) is 181 Å². The first-order valence-electron chi connectivity index (χ1n) is 17.0. The Bertz CT molecular complexity index is 2800. The van der Waals surface area contributed by atoms with Crippen molar-refractivity contribution in [3.8, 4) is 45.0 Å². The Morgan fingerprint density at radius 2 is 1.08 bits per heavy atom. The number of para-hydroxylation sites is 1. The maximum atomic E-state index is 9.24. The lowest BCUT2D eigenvalue weighted by atomic mass is 10.00. The molecule has 0 bridgehead atoms. The molecule has 0 saturated heterocycles. The molecule has 0 unspecified atom stereocenters. The average molecular weight is 687 g/mol. The molecule has 5 nitrogen and oxygen atoms in total. The van der Waals surface area contributed by atoms with Crippen LogP contribution in [0.25, 0.3) is 77.7 Å². The molecule has 2 aromatic heterocycles. The number of hydrogen-bond acceptors (Lipinski definition) is 6. The smallest absolute Gasteiger partial charge is 0.160 e. The molecule has 0 aliphatic carbocycles. The molecule has 6 heteroatoms. The van der Waals surface area contributed by atoms with Crippen molar-refractivity contribution in [2.45, 2.75) is 0 Å². The van der Waals surface area contributed by atoms with E-state index in [4.69, 9.17) is 19.8 Å². The Labute approximate surface area is 304 Å². The van der Waals surface area contributed by atoms with Crippen LogP contribution in [-0.2, 0) is 0 Å². The molecule has 0 fully saturated rings. The van der Waals surface area contributed by atoms with Crippen molar-refractivity contribution < 1.29 is 4.42 Å². The van der Waals surface area contributed by atoms with Crippen molar-refractivity contribution in [2.24, 2.45) is 0 Å². The van der Waals surface area contributed by atoms with Gasteiger partial charge in [-0.05, 0) is 40.6 Å². The van der Waals surface area contributed by atoms with E-state index in [1.165, 1.54) is 0 Å². The molecule has 0 aliphatic heterocycles. The van der Waals surface area contributed by atoms with Gasteiger partial charge in [0.25, 0.3) is 0 Å². The number of aromatic nitrogens is 2. The fourth-order valence-corrected chi connectivity index (χ4v) is 7.57. The Hall–Kier alpha value is -6.63. The quantitative estimate of drug-likeness (QED) is 0.135. The van der Waals surface area contributed by atoms with Gasteiger partial charge in [-0.15, -0.1) is 0 Å². The Morgan fingerprint density at radius 3 is 1.92 bits per heavy atom. The van der Waals surface area contributed by atoms with Gasteiger partial charge in [0.05, 0.1) is 11.4 Å². The highest BCUT2D eigenvalue weighted by atomic mass is 32.2. The SMILES string of the molecule is N=C(SC(=N)c1cccc2ccccc12)c1ccccc1-c1cc(-c2ccc3oc4c(-c5ccccc5)cccc4c3c2)nc(-c2ccccc2)n1. The summed E-state index contributed by atoms with van der Waals surface area (Å²) < 4.78 is 6.47. The number of furan rings is 1.